The molecule has 3 aromatic rings. The quantitative estimate of drug-likeness (QED) is 0.585. The highest BCUT2D eigenvalue weighted by molar-refractivity contribution is 9.10. The lowest BCUT2D eigenvalue weighted by Crippen LogP contribution is -2.29. The minimum Gasteiger partial charge on any atom is -0.489 e. The van der Waals surface area contributed by atoms with Crippen LogP contribution in [0, 0.1) is 0 Å². The molecule has 0 fully saturated rings. The molecule has 2 heterocycles. The lowest BCUT2D eigenvalue weighted by molar-refractivity contribution is -0.136. The normalized spacial score (nSPS) is 15.5. The van der Waals surface area contributed by atoms with Crippen LogP contribution in [0.4, 0.5) is 5.95 Å². The van der Waals surface area contributed by atoms with Gasteiger partial charge >= 0.3 is 5.97 Å². The van der Waals surface area contributed by atoms with Gasteiger partial charge in [-0.3, -0.25) is 0 Å². The second-order valence-electron chi connectivity index (χ2n) is 6.54. The number of benzene rings is 2. The van der Waals surface area contributed by atoms with Crippen molar-refractivity contribution in [2.24, 2.45) is 0 Å². The largest absolute Gasteiger partial charge is 0.489 e. The van der Waals surface area contributed by atoms with Gasteiger partial charge in [-0.25, -0.2) is 9.48 Å². The molecule has 4 rings (SSSR count). The molecule has 29 heavy (non-hydrogen) atoms. The predicted octanol–water partition coefficient (Wildman–Crippen LogP) is 4.08. The summed E-state index contributed by atoms with van der Waals surface area (Å²) in [5, 5.41) is 7.45. The molecule has 8 heteroatoms. The Balaban J connectivity index is 1.80. The minimum absolute atomic E-state index is 0.404. The average molecular weight is 455 g/mol. The number of hydrogen-bond donors (Lipinski definition) is 1. The lowest BCUT2D eigenvalue weighted by Gasteiger charge is -2.29. The second kappa shape index (κ2) is 8.08. The highest BCUT2D eigenvalue weighted by atomic mass is 79.9. The molecule has 0 spiro atoms. The van der Waals surface area contributed by atoms with E-state index in [4.69, 9.17) is 9.47 Å². The van der Waals surface area contributed by atoms with Crippen LogP contribution in [-0.4, -0.2) is 27.8 Å². The third-order valence-electron chi connectivity index (χ3n) is 4.70. The molecule has 1 N–H and O–H groups in total. The van der Waals surface area contributed by atoms with Crippen molar-refractivity contribution < 1.29 is 14.3 Å². The first-order chi connectivity index (χ1) is 14.1. The van der Waals surface area contributed by atoms with Gasteiger partial charge in [0.05, 0.1) is 12.7 Å². The van der Waals surface area contributed by atoms with Gasteiger partial charge < -0.3 is 14.8 Å². The summed E-state index contributed by atoms with van der Waals surface area (Å²) in [6.45, 7) is 2.22. The highest BCUT2D eigenvalue weighted by Gasteiger charge is 2.35. The topological polar surface area (TPSA) is 78.3 Å². The molecular formula is C21H19BrN4O3. The number of allylic oxidation sites excluding steroid dienone is 1. The Hall–Kier alpha value is -3.13. The number of carbonyl (C=O) groups is 1. The van der Waals surface area contributed by atoms with Gasteiger partial charge in [-0.15, -0.1) is 0 Å². The molecule has 0 saturated carbocycles. The average Bonchev–Trinajstić information content (AvgIpc) is 3.20. The molecule has 148 valence electrons. The number of hydrogen-bond acceptors (Lipinski definition) is 6. The Morgan fingerprint density at radius 3 is 2.79 bits per heavy atom. The summed E-state index contributed by atoms with van der Waals surface area (Å²) in [6, 6.07) is 15.1. The molecule has 7 nitrogen and oxygen atoms in total. The van der Waals surface area contributed by atoms with E-state index in [9.17, 15) is 4.79 Å². The van der Waals surface area contributed by atoms with Gasteiger partial charge in [0.25, 0.3) is 0 Å². The first-order valence-electron chi connectivity index (χ1n) is 9.00. The summed E-state index contributed by atoms with van der Waals surface area (Å²) in [5.74, 6) is 0.767. The number of ether oxygens (including phenoxy) is 2. The van der Waals surface area contributed by atoms with Crippen LogP contribution < -0.4 is 10.1 Å². The van der Waals surface area contributed by atoms with Gasteiger partial charge in [0.1, 0.15) is 24.7 Å². The fourth-order valence-corrected chi connectivity index (χ4v) is 3.73. The summed E-state index contributed by atoms with van der Waals surface area (Å²) in [7, 11) is 1.37. The van der Waals surface area contributed by atoms with Crippen LogP contribution in [0.5, 0.6) is 5.75 Å². The number of anilines is 1. The van der Waals surface area contributed by atoms with Crippen LogP contribution in [-0.2, 0) is 16.1 Å². The Labute approximate surface area is 176 Å². The van der Waals surface area contributed by atoms with Gasteiger partial charge in [-0.1, -0.05) is 46.3 Å². The van der Waals surface area contributed by atoms with Crippen LogP contribution in [0.1, 0.15) is 24.1 Å². The maximum atomic E-state index is 12.6. The number of methoxy groups -OCH3 is 1. The predicted molar refractivity (Wildman–Crippen MR) is 111 cm³/mol. The molecule has 0 amide bonds. The number of carbonyl (C=O) groups excluding carboxylic acids is 1. The van der Waals surface area contributed by atoms with Crippen molar-refractivity contribution in [2.75, 3.05) is 12.4 Å². The lowest BCUT2D eigenvalue weighted by atomic mass is 9.95. The van der Waals surface area contributed by atoms with Crippen molar-refractivity contribution in [3.05, 3.63) is 81.7 Å². The van der Waals surface area contributed by atoms with E-state index in [0.717, 1.165) is 15.6 Å². The molecule has 2 aromatic carbocycles. The first-order valence-corrected chi connectivity index (χ1v) is 9.79. The monoisotopic (exact) mass is 454 g/mol. The molecule has 0 bridgehead atoms. The van der Waals surface area contributed by atoms with E-state index in [0.29, 0.717) is 29.6 Å². The zero-order chi connectivity index (χ0) is 20.4. The van der Waals surface area contributed by atoms with Gasteiger partial charge in [0.15, 0.2) is 0 Å². The molecule has 1 aromatic heterocycles. The first kappa shape index (κ1) is 19.2. The standard InChI is InChI=1S/C21H19BrN4O3/c1-13-18(20(27)28-2)19(26-21(25-13)23-12-24-26)16-10-15(22)8-9-17(16)29-11-14-6-4-3-5-7-14/h3-10,12,19H,11H2,1-2H3,(H,23,24,25)/t19-/m1/s1. The smallest absolute Gasteiger partial charge is 0.338 e. The van der Waals surface area contributed by atoms with Crippen molar-refractivity contribution >= 4 is 27.8 Å². The molecule has 0 radical (unpaired) electrons. The number of rotatable bonds is 5. The molecule has 0 aliphatic carbocycles. The van der Waals surface area contributed by atoms with Crippen molar-refractivity contribution in [1.82, 2.24) is 14.8 Å². The maximum absolute atomic E-state index is 12.6. The van der Waals surface area contributed by atoms with Crippen LogP contribution in [0.3, 0.4) is 0 Å². The van der Waals surface area contributed by atoms with Crippen molar-refractivity contribution in [2.45, 2.75) is 19.6 Å². The number of nitrogens with one attached hydrogen (secondary N) is 1. The Morgan fingerprint density at radius 2 is 2.03 bits per heavy atom. The van der Waals surface area contributed by atoms with Gasteiger partial charge in [0, 0.05) is 15.7 Å². The van der Waals surface area contributed by atoms with Crippen molar-refractivity contribution in [3.8, 4) is 5.75 Å². The SMILES string of the molecule is COC(=O)C1=C(C)Nc2ncnn2[C@@H]1c1cc(Br)ccc1OCc1ccccc1. The van der Waals surface area contributed by atoms with Gasteiger partial charge in [-0.05, 0) is 30.7 Å². The molecule has 0 unspecified atom stereocenters. The Kier molecular flexibility index (Phi) is 5.35. The van der Waals surface area contributed by atoms with Crippen molar-refractivity contribution in [1.29, 1.82) is 0 Å². The molecule has 1 atom stereocenters. The molecule has 1 aliphatic heterocycles. The Morgan fingerprint density at radius 1 is 1.24 bits per heavy atom. The summed E-state index contributed by atoms with van der Waals surface area (Å²) < 4.78 is 13.7. The van der Waals surface area contributed by atoms with Gasteiger partial charge in [0.2, 0.25) is 5.95 Å². The highest BCUT2D eigenvalue weighted by Crippen LogP contribution is 2.40. The number of halogens is 1. The maximum Gasteiger partial charge on any atom is 0.338 e. The molecule has 1 aliphatic rings. The Bertz CT molecular complexity index is 1080. The summed E-state index contributed by atoms with van der Waals surface area (Å²) >= 11 is 3.53. The van der Waals surface area contributed by atoms with Crippen molar-refractivity contribution in [3.63, 3.8) is 0 Å². The summed E-state index contributed by atoms with van der Waals surface area (Å²) in [4.78, 5) is 16.9. The van der Waals surface area contributed by atoms with E-state index in [1.807, 2.05) is 55.5 Å². The zero-order valence-corrected chi connectivity index (χ0v) is 17.5. The fourth-order valence-electron chi connectivity index (χ4n) is 3.35. The van der Waals surface area contributed by atoms with E-state index >= 15 is 0 Å². The van der Waals surface area contributed by atoms with Crippen LogP contribution >= 0.6 is 15.9 Å². The van der Waals surface area contributed by atoms with E-state index in [2.05, 4.69) is 31.3 Å². The third-order valence-corrected chi connectivity index (χ3v) is 5.20. The number of esters is 1. The van der Waals surface area contributed by atoms with Crippen LogP contribution in [0.15, 0.2) is 70.6 Å². The fraction of sp³-hybridized carbons (Fsp3) is 0.190. The van der Waals surface area contributed by atoms with Gasteiger partial charge in [-0.2, -0.15) is 10.1 Å². The number of fused-ring (bicyclic) bond motifs is 1. The minimum atomic E-state index is -0.538. The van der Waals surface area contributed by atoms with E-state index in [-0.39, 0.29) is 0 Å². The van der Waals surface area contributed by atoms with Crippen LogP contribution in [0.2, 0.25) is 0 Å². The second-order valence-corrected chi connectivity index (χ2v) is 7.46. The number of nitrogens with zero attached hydrogens (tertiary/aromatic N) is 3. The molecule has 0 saturated heterocycles. The third kappa shape index (κ3) is 3.75. The van der Waals surface area contributed by atoms with E-state index in [1.54, 1.807) is 4.68 Å². The zero-order valence-electron chi connectivity index (χ0n) is 15.9. The van der Waals surface area contributed by atoms with Crippen LogP contribution in [0.25, 0.3) is 0 Å². The number of aromatic nitrogens is 3. The van der Waals surface area contributed by atoms with E-state index < -0.39 is 12.0 Å². The molecular weight excluding hydrogens is 436 g/mol. The van der Waals surface area contributed by atoms with E-state index in [1.165, 1.54) is 13.4 Å². The summed E-state index contributed by atoms with van der Waals surface area (Å²) in [5.41, 5.74) is 2.95. The summed E-state index contributed by atoms with van der Waals surface area (Å²) in [6.07, 6.45) is 1.45.